The van der Waals surface area contributed by atoms with Crippen LogP contribution in [-0.2, 0) is 15.7 Å². The van der Waals surface area contributed by atoms with Gasteiger partial charge in [-0.15, -0.1) is 0 Å². The number of esters is 1. The lowest BCUT2D eigenvalue weighted by Gasteiger charge is -2.18. The number of carbonyl (C=O) groups excluding carboxylic acids is 2. The van der Waals surface area contributed by atoms with Crippen LogP contribution in [0.1, 0.15) is 42.1 Å². The van der Waals surface area contributed by atoms with E-state index in [0.29, 0.717) is 12.8 Å². The van der Waals surface area contributed by atoms with Gasteiger partial charge in [0.1, 0.15) is 6.04 Å². The van der Waals surface area contributed by atoms with Crippen molar-refractivity contribution in [2.45, 2.75) is 38.4 Å². The number of methoxy groups -OCH3 is 1. The molecule has 1 aromatic rings. The Morgan fingerprint density at radius 2 is 1.91 bits per heavy atom. The molecular weight excluding hydrogens is 299 g/mol. The van der Waals surface area contributed by atoms with E-state index in [1.54, 1.807) is 0 Å². The van der Waals surface area contributed by atoms with E-state index >= 15 is 0 Å². The standard InChI is InChI=1S/C15H18F3NO3/c1-3-4-9-12(14(21)22-2)19-13(20)10-7-5-6-8-11(10)15(16,17)18/h5-8,12H,3-4,9H2,1-2H3,(H,19,20)/t12-/m1/s1. The summed E-state index contributed by atoms with van der Waals surface area (Å²) in [5.41, 5.74) is -1.55. The smallest absolute Gasteiger partial charge is 0.417 e. The number of carbonyl (C=O) groups is 2. The molecule has 1 rings (SSSR count). The van der Waals surface area contributed by atoms with E-state index in [0.717, 1.165) is 25.7 Å². The molecule has 1 N–H and O–H groups in total. The first kappa shape index (κ1) is 18.0. The molecule has 0 spiro atoms. The molecule has 0 unspecified atom stereocenters. The molecule has 1 atom stereocenters. The molecule has 22 heavy (non-hydrogen) atoms. The van der Waals surface area contributed by atoms with Gasteiger partial charge in [0.25, 0.3) is 5.91 Å². The number of hydrogen-bond donors (Lipinski definition) is 1. The molecule has 0 aliphatic rings. The van der Waals surface area contributed by atoms with E-state index in [2.05, 4.69) is 10.1 Å². The topological polar surface area (TPSA) is 55.4 Å². The molecular formula is C15H18F3NO3. The van der Waals surface area contributed by atoms with Crippen molar-refractivity contribution in [2.75, 3.05) is 7.11 Å². The van der Waals surface area contributed by atoms with Crippen molar-refractivity contribution in [1.82, 2.24) is 5.32 Å². The zero-order valence-electron chi connectivity index (χ0n) is 12.4. The minimum absolute atomic E-state index is 0.309. The van der Waals surface area contributed by atoms with Crippen LogP contribution in [0.5, 0.6) is 0 Å². The number of benzene rings is 1. The molecule has 122 valence electrons. The van der Waals surface area contributed by atoms with Crippen molar-refractivity contribution in [2.24, 2.45) is 0 Å². The third-order valence-electron chi connectivity index (χ3n) is 3.11. The fourth-order valence-electron chi connectivity index (χ4n) is 1.96. The molecule has 0 aliphatic carbocycles. The summed E-state index contributed by atoms with van der Waals surface area (Å²) in [6.45, 7) is 1.90. The number of nitrogens with one attached hydrogen (secondary N) is 1. The summed E-state index contributed by atoms with van der Waals surface area (Å²) in [6.07, 6.45) is -2.91. The highest BCUT2D eigenvalue weighted by molar-refractivity contribution is 5.98. The Kier molecular flexibility index (Phi) is 6.39. The van der Waals surface area contributed by atoms with E-state index in [9.17, 15) is 22.8 Å². The Morgan fingerprint density at radius 1 is 1.27 bits per heavy atom. The molecule has 0 saturated carbocycles. The Bertz CT molecular complexity index is 529. The Balaban J connectivity index is 2.98. The predicted octanol–water partition coefficient (Wildman–Crippen LogP) is 3.17. The maximum atomic E-state index is 12.9. The van der Waals surface area contributed by atoms with Crippen LogP contribution < -0.4 is 5.32 Å². The van der Waals surface area contributed by atoms with Gasteiger partial charge >= 0.3 is 12.1 Å². The third-order valence-corrected chi connectivity index (χ3v) is 3.11. The van der Waals surface area contributed by atoms with Gasteiger partial charge in [-0.2, -0.15) is 13.2 Å². The molecule has 0 heterocycles. The molecule has 0 saturated heterocycles. The van der Waals surface area contributed by atoms with E-state index in [4.69, 9.17) is 0 Å². The van der Waals surface area contributed by atoms with Crippen molar-refractivity contribution < 1.29 is 27.5 Å². The Labute approximate surface area is 126 Å². The second-order valence-electron chi connectivity index (χ2n) is 4.73. The highest BCUT2D eigenvalue weighted by Gasteiger charge is 2.35. The van der Waals surface area contributed by atoms with Gasteiger partial charge in [-0.25, -0.2) is 4.79 Å². The maximum Gasteiger partial charge on any atom is 0.417 e. The van der Waals surface area contributed by atoms with Gasteiger partial charge in [-0.1, -0.05) is 31.9 Å². The minimum Gasteiger partial charge on any atom is -0.467 e. The first-order valence-corrected chi connectivity index (χ1v) is 6.86. The van der Waals surface area contributed by atoms with Gasteiger partial charge < -0.3 is 10.1 Å². The van der Waals surface area contributed by atoms with Crippen molar-refractivity contribution in [3.8, 4) is 0 Å². The lowest BCUT2D eigenvalue weighted by atomic mass is 10.0. The number of hydrogen-bond acceptors (Lipinski definition) is 3. The van der Waals surface area contributed by atoms with Crippen molar-refractivity contribution in [1.29, 1.82) is 0 Å². The SMILES string of the molecule is CCCC[C@@H](NC(=O)c1ccccc1C(F)(F)F)C(=O)OC. The number of amides is 1. The van der Waals surface area contributed by atoms with Crippen LogP contribution in [0.3, 0.4) is 0 Å². The van der Waals surface area contributed by atoms with Crippen LogP contribution in [0, 0.1) is 0 Å². The summed E-state index contributed by atoms with van der Waals surface area (Å²) in [4.78, 5) is 23.7. The van der Waals surface area contributed by atoms with Crippen LogP contribution in [0.25, 0.3) is 0 Å². The van der Waals surface area contributed by atoms with E-state index in [1.807, 2.05) is 6.92 Å². The first-order valence-electron chi connectivity index (χ1n) is 6.86. The average molecular weight is 317 g/mol. The molecule has 4 nitrogen and oxygen atoms in total. The van der Waals surface area contributed by atoms with Crippen molar-refractivity contribution in [3.05, 3.63) is 35.4 Å². The second-order valence-corrected chi connectivity index (χ2v) is 4.73. The minimum atomic E-state index is -4.64. The number of rotatable bonds is 6. The van der Waals surface area contributed by atoms with Crippen LogP contribution in [-0.4, -0.2) is 25.0 Å². The Morgan fingerprint density at radius 3 is 2.45 bits per heavy atom. The van der Waals surface area contributed by atoms with Gasteiger partial charge in [0, 0.05) is 0 Å². The molecule has 0 bridgehead atoms. The monoisotopic (exact) mass is 317 g/mol. The number of halogens is 3. The van der Waals surface area contributed by atoms with Crippen molar-refractivity contribution in [3.63, 3.8) is 0 Å². The lowest BCUT2D eigenvalue weighted by molar-refractivity contribution is -0.143. The molecule has 0 aromatic heterocycles. The summed E-state index contributed by atoms with van der Waals surface area (Å²) in [6, 6.07) is 3.48. The highest BCUT2D eigenvalue weighted by atomic mass is 19.4. The summed E-state index contributed by atoms with van der Waals surface area (Å²) in [7, 11) is 1.16. The van der Waals surface area contributed by atoms with Gasteiger partial charge in [0.2, 0.25) is 0 Å². The molecule has 1 aromatic carbocycles. The molecule has 0 radical (unpaired) electrons. The van der Waals surface area contributed by atoms with Crippen LogP contribution in [0.2, 0.25) is 0 Å². The summed E-state index contributed by atoms with van der Waals surface area (Å²) >= 11 is 0. The third kappa shape index (κ3) is 4.75. The first-order chi connectivity index (χ1) is 10.3. The average Bonchev–Trinajstić information content (AvgIpc) is 2.49. The Hall–Kier alpha value is -2.05. The largest absolute Gasteiger partial charge is 0.467 e. The van der Waals surface area contributed by atoms with Crippen molar-refractivity contribution >= 4 is 11.9 Å². The lowest BCUT2D eigenvalue weighted by Crippen LogP contribution is -2.42. The number of alkyl halides is 3. The molecule has 0 aliphatic heterocycles. The van der Waals surface area contributed by atoms with Gasteiger partial charge in [-0.3, -0.25) is 4.79 Å². The maximum absolute atomic E-state index is 12.9. The quantitative estimate of drug-likeness (QED) is 0.820. The second kappa shape index (κ2) is 7.82. The van der Waals surface area contributed by atoms with Crippen LogP contribution in [0.15, 0.2) is 24.3 Å². The highest BCUT2D eigenvalue weighted by Crippen LogP contribution is 2.31. The van der Waals surface area contributed by atoms with E-state index in [1.165, 1.54) is 12.1 Å². The molecule has 1 amide bonds. The summed E-state index contributed by atoms with van der Waals surface area (Å²) in [5, 5.41) is 2.32. The summed E-state index contributed by atoms with van der Waals surface area (Å²) < 4.78 is 43.3. The predicted molar refractivity (Wildman–Crippen MR) is 74.2 cm³/mol. The normalized spacial score (nSPS) is 12.6. The van der Waals surface area contributed by atoms with Gasteiger partial charge in [0.05, 0.1) is 18.2 Å². The fraction of sp³-hybridized carbons (Fsp3) is 0.467. The fourth-order valence-corrected chi connectivity index (χ4v) is 1.96. The van der Waals surface area contributed by atoms with Crippen LogP contribution >= 0.6 is 0 Å². The van der Waals surface area contributed by atoms with E-state index in [-0.39, 0.29) is 0 Å². The van der Waals surface area contributed by atoms with Gasteiger partial charge in [-0.05, 0) is 18.6 Å². The van der Waals surface area contributed by atoms with Crippen LogP contribution in [0.4, 0.5) is 13.2 Å². The molecule has 0 fully saturated rings. The zero-order chi connectivity index (χ0) is 16.8. The number of ether oxygens (including phenoxy) is 1. The zero-order valence-corrected chi connectivity index (χ0v) is 12.4. The van der Waals surface area contributed by atoms with Gasteiger partial charge in [0.15, 0.2) is 0 Å². The summed E-state index contributed by atoms with van der Waals surface area (Å²) in [5.74, 6) is -1.62. The van der Waals surface area contributed by atoms with E-state index < -0.39 is 35.2 Å². The number of unbranched alkanes of at least 4 members (excludes halogenated alkanes) is 1. The molecule has 7 heteroatoms.